The summed E-state index contributed by atoms with van der Waals surface area (Å²) in [7, 11) is 0. The summed E-state index contributed by atoms with van der Waals surface area (Å²) >= 11 is 0. The van der Waals surface area contributed by atoms with Crippen LogP contribution in [0, 0.1) is 0 Å². The molecule has 0 radical (unpaired) electrons. The van der Waals surface area contributed by atoms with Gasteiger partial charge in [-0.2, -0.15) is 0 Å². The molecular formula is C76H148O6. The molecule has 0 aliphatic rings. The summed E-state index contributed by atoms with van der Waals surface area (Å²) in [5, 5.41) is 0. The predicted molar refractivity (Wildman–Crippen MR) is 358 cm³/mol. The third-order valence-corrected chi connectivity index (χ3v) is 17.9. The summed E-state index contributed by atoms with van der Waals surface area (Å²) in [6.45, 7) is 6.71. The molecule has 0 saturated carbocycles. The van der Waals surface area contributed by atoms with Gasteiger partial charge in [0, 0.05) is 19.3 Å². The van der Waals surface area contributed by atoms with Gasteiger partial charge in [-0.1, -0.05) is 412 Å². The third-order valence-electron chi connectivity index (χ3n) is 17.9. The topological polar surface area (TPSA) is 78.9 Å². The maximum atomic E-state index is 12.9. The quantitative estimate of drug-likeness (QED) is 0.0343. The van der Waals surface area contributed by atoms with Crippen molar-refractivity contribution in [3.63, 3.8) is 0 Å². The Bertz CT molecular complexity index is 1240. The lowest BCUT2D eigenvalue weighted by molar-refractivity contribution is -0.167. The van der Waals surface area contributed by atoms with E-state index in [1.165, 1.54) is 353 Å². The minimum absolute atomic E-state index is 0.0608. The molecule has 0 aromatic heterocycles. The molecule has 0 spiro atoms. The van der Waals surface area contributed by atoms with Crippen molar-refractivity contribution >= 4 is 17.9 Å². The Morgan fingerprint density at radius 2 is 0.329 bits per heavy atom. The van der Waals surface area contributed by atoms with Crippen LogP contribution in [0.15, 0.2) is 0 Å². The normalized spacial score (nSPS) is 11.9. The summed E-state index contributed by atoms with van der Waals surface area (Å²) < 4.78 is 17.0. The first-order valence-electron chi connectivity index (χ1n) is 38.0. The summed E-state index contributed by atoms with van der Waals surface area (Å²) in [5.74, 6) is -0.827. The van der Waals surface area contributed by atoms with Crippen molar-refractivity contribution in [2.45, 2.75) is 457 Å². The number of ether oxygens (including phenoxy) is 3. The fourth-order valence-corrected chi connectivity index (χ4v) is 12.2. The highest BCUT2D eigenvalue weighted by molar-refractivity contribution is 5.71. The third kappa shape index (κ3) is 69.2. The van der Waals surface area contributed by atoms with E-state index < -0.39 is 6.10 Å². The summed E-state index contributed by atoms with van der Waals surface area (Å²) in [6.07, 6.45) is 86.2. The number of hydrogen-bond donors (Lipinski definition) is 0. The van der Waals surface area contributed by atoms with Crippen molar-refractivity contribution in [1.29, 1.82) is 0 Å². The van der Waals surface area contributed by atoms with Crippen LogP contribution >= 0.6 is 0 Å². The molecule has 0 saturated heterocycles. The van der Waals surface area contributed by atoms with Crippen molar-refractivity contribution in [1.82, 2.24) is 0 Å². The van der Waals surface area contributed by atoms with E-state index in [9.17, 15) is 14.4 Å². The number of rotatable bonds is 72. The van der Waals surface area contributed by atoms with Crippen LogP contribution in [0.5, 0.6) is 0 Å². The highest BCUT2D eigenvalue weighted by Crippen LogP contribution is 2.20. The predicted octanol–water partition coefficient (Wildman–Crippen LogP) is 26.2. The summed E-state index contributed by atoms with van der Waals surface area (Å²) in [4.78, 5) is 38.3. The molecule has 0 aromatic rings. The van der Waals surface area contributed by atoms with E-state index in [1.54, 1.807) is 0 Å². The lowest BCUT2D eigenvalue weighted by Gasteiger charge is -2.18. The van der Waals surface area contributed by atoms with Crippen LogP contribution < -0.4 is 0 Å². The maximum absolute atomic E-state index is 12.9. The molecular weight excluding hydrogens is 1010 g/mol. The number of carbonyl (C=O) groups excluding carboxylic acids is 3. The lowest BCUT2D eigenvalue weighted by atomic mass is 10.0. The largest absolute Gasteiger partial charge is 0.462 e. The van der Waals surface area contributed by atoms with E-state index in [4.69, 9.17) is 14.2 Å². The Morgan fingerprint density at radius 1 is 0.195 bits per heavy atom. The molecule has 0 aliphatic carbocycles. The second-order valence-corrected chi connectivity index (χ2v) is 26.3. The SMILES string of the molecule is CCCCCCCCCCCCCCCCCCCCCCCCCCCCCCCCCCC(=O)OCC(COC(=O)CCCCCCCCCC)OC(=O)CCCCCCCCCCCCCCCCCCCCCCCCCC. The Hall–Kier alpha value is -1.59. The molecule has 0 aliphatic heterocycles. The number of hydrogen-bond acceptors (Lipinski definition) is 6. The molecule has 0 amide bonds. The zero-order chi connectivity index (χ0) is 59.2. The zero-order valence-electron chi connectivity index (χ0n) is 56.3. The number of esters is 3. The Morgan fingerprint density at radius 3 is 0.488 bits per heavy atom. The van der Waals surface area contributed by atoms with Crippen molar-refractivity contribution < 1.29 is 28.6 Å². The monoisotopic (exact) mass is 1160 g/mol. The first-order valence-corrected chi connectivity index (χ1v) is 38.0. The van der Waals surface area contributed by atoms with Gasteiger partial charge in [0.1, 0.15) is 13.2 Å². The van der Waals surface area contributed by atoms with Gasteiger partial charge in [-0.05, 0) is 19.3 Å². The van der Waals surface area contributed by atoms with Crippen LogP contribution in [0.2, 0.25) is 0 Å². The van der Waals surface area contributed by atoms with Crippen molar-refractivity contribution in [2.24, 2.45) is 0 Å². The zero-order valence-corrected chi connectivity index (χ0v) is 56.3. The van der Waals surface area contributed by atoms with Crippen molar-refractivity contribution in [3.05, 3.63) is 0 Å². The van der Waals surface area contributed by atoms with Crippen LogP contribution in [0.1, 0.15) is 451 Å². The lowest BCUT2D eigenvalue weighted by Crippen LogP contribution is -2.30. The fourth-order valence-electron chi connectivity index (χ4n) is 12.2. The van der Waals surface area contributed by atoms with Gasteiger partial charge < -0.3 is 14.2 Å². The molecule has 0 bridgehead atoms. The standard InChI is InChI=1S/C76H148O6/c1-4-7-10-13-16-19-21-23-25-27-29-31-33-35-36-37-38-39-40-41-42-44-45-47-49-51-53-55-57-60-63-66-69-75(78)81-72-73(71-80-74(77)68-65-62-59-18-15-12-9-6-3)82-76(79)70-67-64-61-58-56-54-52-50-48-46-43-34-32-30-28-26-24-22-20-17-14-11-8-5-2/h73H,4-72H2,1-3H3. The minimum Gasteiger partial charge on any atom is -0.462 e. The number of carbonyl (C=O) groups is 3. The van der Waals surface area contributed by atoms with Crippen molar-refractivity contribution in [3.8, 4) is 0 Å². The van der Waals surface area contributed by atoms with Crippen LogP contribution in [0.25, 0.3) is 0 Å². The Balaban J connectivity index is 3.97. The molecule has 0 fully saturated rings. The van der Waals surface area contributed by atoms with Crippen LogP contribution in [0.4, 0.5) is 0 Å². The Labute approximate surface area is 514 Å². The second kappa shape index (κ2) is 71.9. The van der Waals surface area contributed by atoms with Crippen LogP contribution in [-0.2, 0) is 28.6 Å². The van der Waals surface area contributed by atoms with E-state index in [0.717, 1.165) is 57.8 Å². The van der Waals surface area contributed by atoms with E-state index in [-0.39, 0.29) is 31.1 Å². The average Bonchev–Trinajstić information content (AvgIpc) is 3.48. The van der Waals surface area contributed by atoms with Gasteiger partial charge in [-0.25, -0.2) is 0 Å². The fraction of sp³-hybridized carbons (Fsp3) is 0.961. The van der Waals surface area contributed by atoms with Gasteiger partial charge in [0.2, 0.25) is 0 Å². The van der Waals surface area contributed by atoms with Crippen LogP contribution in [-0.4, -0.2) is 37.2 Å². The van der Waals surface area contributed by atoms with E-state index in [2.05, 4.69) is 20.8 Å². The van der Waals surface area contributed by atoms with Gasteiger partial charge >= 0.3 is 17.9 Å². The first kappa shape index (κ1) is 80.4. The molecule has 6 nitrogen and oxygen atoms in total. The summed E-state index contributed by atoms with van der Waals surface area (Å²) in [6, 6.07) is 0. The molecule has 488 valence electrons. The molecule has 0 N–H and O–H groups in total. The second-order valence-electron chi connectivity index (χ2n) is 26.3. The molecule has 1 atom stereocenters. The van der Waals surface area contributed by atoms with Gasteiger partial charge in [-0.3, -0.25) is 14.4 Å². The molecule has 0 heterocycles. The molecule has 6 heteroatoms. The van der Waals surface area contributed by atoms with Crippen molar-refractivity contribution in [2.75, 3.05) is 13.2 Å². The summed E-state index contributed by atoms with van der Waals surface area (Å²) in [5.41, 5.74) is 0. The number of unbranched alkanes of at least 4 members (excludes halogenated alkanes) is 61. The first-order chi connectivity index (χ1) is 40.5. The van der Waals surface area contributed by atoms with Gasteiger partial charge in [-0.15, -0.1) is 0 Å². The smallest absolute Gasteiger partial charge is 0.306 e. The van der Waals surface area contributed by atoms with E-state index in [0.29, 0.717) is 19.3 Å². The van der Waals surface area contributed by atoms with Gasteiger partial charge in [0.15, 0.2) is 6.10 Å². The minimum atomic E-state index is -0.762. The molecule has 1 unspecified atom stereocenters. The Kier molecular flexibility index (Phi) is 70.5. The average molecular weight is 1160 g/mol. The molecule has 0 rings (SSSR count). The highest BCUT2D eigenvalue weighted by Gasteiger charge is 2.20. The van der Waals surface area contributed by atoms with E-state index in [1.807, 2.05) is 0 Å². The van der Waals surface area contributed by atoms with Gasteiger partial charge in [0.25, 0.3) is 0 Å². The van der Waals surface area contributed by atoms with E-state index >= 15 is 0 Å². The van der Waals surface area contributed by atoms with Gasteiger partial charge in [0.05, 0.1) is 0 Å². The highest BCUT2D eigenvalue weighted by atomic mass is 16.6. The molecule has 82 heavy (non-hydrogen) atoms. The molecule has 0 aromatic carbocycles. The maximum Gasteiger partial charge on any atom is 0.306 e. The van der Waals surface area contributed by atoms with Crippen LogP contribution in [0.3, 0.4) is 0 Å².